The van der Waals surface area contributed by atoms with Gasteiger partial charge in [0.25, 0.3) is 0 Å². The zero-order chi connectivity index (χ0) is 43.0. The highest BCUT2D eigenvalue weighted by Gasteiger charge is 2.23. The normalized spacial score (nSPS) is 13.5. The molecular formula is C54H105NO4. The van der Waals surface area contributed by atoms with E-state index in [0.717, 1.165) is 44.9 Å². The number of hydrogen-bond donors (Lipinski definition) is 4. The van der Waals surface area contributed by atoms with Crippen molar-refractivity contribution >= 4 is 5.91 Å². The first kappa shape index (κ1) is 57.8. The fourth-order valence-electron chi connectivity index (χ4n) is 8.40. The van der Waals surface area contributed by atoms with Crippen LogP contribution in [0.1, 0.15) is 290 Å². The summed E-state index contributed by atoms with van der Waals surface area (Å²) in [6, 6.07) is -0.716. The van der Waals surface area contributed by atoms with Crippen LogP contribution in [0.5, 0.6) is 0 Å². The molecule has 3 atom stereocenters. The minimum Gasteiger partial charge on any atom is -0.394 e. The lowest BCUT2D eigenvalue weighted by molar-refractivity contribution is -0.131. The van der Waals surface area contributed by atoms with E-state index in [1.54, 1.807) is 0 Å². The van der Waals surface area contributed by atoms with Gasteiger partial charge in [0.2, 0.25) is 5.91 Å². The van der Waals surface area contributed by atoms with Crippen LogP contribution in [0.2, 0.25) is 0 Å². The maximum atomic E-state index is 12.5. The molecule has 0 aromatic carbocycles. The zero-order valence-electron chi connectivity index (χ0n) is 39.9. The average Bonchev–Trinajstić information content (AvgIpc) is 3.24. The van der Waals surface area contributed by atoms with Gasteiger partial charge in [-0.15, -0.1) is 0 Å². The largest absolute Gasteiger partial charge is 0.394 e. The number of nitrogens with one attached hydrogen (secondary N) is 1. The number of amides is 1. The molecule has 350 valence electrons. The highest BCUT2D eigenvalue weighted by molar-refractivity contribution is 5.80. The van der Waals surface area contributed by atoms with E-state index in [4.69, 9.17) is 0 Å². The van der Waals surface area contributed by atoms with Crippen LogP contribution in [-0.2, 0) is 4.79 Å². The topological polar surface area (TPSA) is 89.8 Å². The molecule has 0 aliphatic carbocycles. The molecule has 3 unspecified atom stereocenters. The molecule has 0 aromatic heterocycles. The minimum absolute atomic E-state index is 0.315. The summed E-state index contributed by atoms with van der Waals surface area (Å²) >= 11 is 0. The Labute approximate surface area is 369 Å². The minimum atomic E-state index is -1.08. The lowest BCUT2D eigenvalue weighted by Gasteiger charge is -2.23. The lowest BCUT2D eigenvalue weighted by atomic mass is 10.0. The van der Waals surface area contributed by atoms with E-state index in [0.29, 0.717) is 12.8 Å². The van der Waals surface area contributed by atoms with Gasteiger partial charge in [-0.05, 0) is 44.9 Å². The Hall–Kier alpha value is -1.17. The van der Waals surface area contributed by atoms with E-state index in [-0.39, 0.29) is 6.61 Å². The van der Waals surface area contributed by atoms with E-state index < -0.39 is 24.2 Å². The Kier molecular flexibility index (Phi) is 48.5. The number of carbonyl (C=O) groups is 1. The molecule has 0 saturated carbocycles. The fraction of sp³-hybridized carbons (Fsp3) is 0.907. The SMILES string of the molecule is CCCCCCCCCCC/C=C\C/C=C\CCCCCCCCC(O)C(=O)NC(CO)C(O)CCCCCCCCCCCCCCCCCCCCCCCCC. The molecule has 0 aromatic rings. The smallest absolute Gasteiger partial charge is 0.249 e. The highest BCUT2D eigenvalue weighted by atomic mass is 16.3. The second kappa shape index (κ2) is 49.5. The molecule has 0 aliphatic rings. The van der Waals surface area contributed by atoms with Gasteiger partial charge < -0.3 is 20.6 Å². The van der Waals surface area contributed by atoms with Gasteiger partial charge in [0, 0.05) is 0 Å². The Morgan fingerprint density at radius 3 is 1.02 bits per heavy atom. The molecule has 0 fully saturated rings. The predicted molar refractivity (Wildman–Crippen MR) is 259 cm³/mol. The first-order valence-corrected chi connectivity index (χ1v) is 26.6. The third-order valence-electron chi connectivity index (χ3n) is 12.6. The van der Waals surface area contributed by atoms with Gasteiger partial charge >= 0.3 is 0 Å². The molecule has 0 bridgehead atoms. The van der Waals surface area contributed by atoms with Crippen molar-refractivity contribution in [1.82, 2.24) is 5.32 Å². The first-order chi connectivity index (χ1) is 29.1. The van der Waals surface area contributed by atoms with Crippen molar-refractivity contribution in [1.29, 1.82) is 0 Å². The first-order valence-electron chi connectivity index (χ1n) is 26.6. The molecule has 0 aliphatic heterocycles. The number of unbranched alkanes of at least 4 members (excludes halogenated alkanes) is 37. The Morgan fingerprint density at radius 2 is 0.695 bits per heavy atom. The molecule has 0 spiro atoms. The maximum absolute atomic E-state index is 12.5. The number of carbonyl (C=O) groups excluding carboxylic acids is 1. The third kappa shape index (κ3) is 44.7. The fourth-order valence-corrected chi connectivity index (χ4v) is 8.40. The van der Waals surface area contributed by atoms with Crippen LogP contribution >= 0.6 is 0 Å². The van der Waals surface area contributed by atoms with E-state index in [2.05, 4.69) is 43.5 Å². The number of rotatable bonds is 49. The summed E-state index contributed by atoms with van der Waals surface area (Å²) < 4.78 is 0. The van der Waals surface area contributed by atoms with Gasteiger partial charge in [0.05, 0.1) is 18.8 Å². The Morgan fingerprint density at radius 1 is 0.407 bits per heavy atom. The molecule has 0 heterocycles. The molecule has 5 heteroatoms. The standard InChI is InChI=1S/C54H105NO4/c1-3-5-7-9-11-13-15-17-19-21-23-25-27-29-30-32-34-36-38-40-42-44-46-48-52(57)51(50-56)55-54(59)53(58)49-47-45-43-41-39-37-35-33-31-28-26-24-22-20-18-16-14-12-10-8-6-4-2/h24,26,31,33,51-53,56-58H,3-23,25,27-30,32,34-50H2,1-2H3,(H,55,59)/b26-24-,33-31-. The van der Waals surface area contributed by atoms with Crippen LogP contribution in [0.3, 0.4) is 0 Å². The number of hydrogen-bond acceptors (Lipinski definition) is 4. The third-order valence-corrected chi connectivity index (χ3v) is 12.6. The molecule has 59 heavy (non-hydrogen) atoms. The van der Waals surface area contributed by atoms with Crippen molar-refractivity contribution in [2.24, 2.45) is 0 Å². The van der Waals surface area contributed by atoms with Crippen LogP contribution in [0.25, 0.3) is 0 Å². The monoisotopic (exact) mass is 832 g/mol. The summed E-state index contributed by atoms with van der Waals surface area (Å²) in [6.45, 7) is 4.26. The molecule has 0 radical (unpaired) electrons. The summed E-state index contributed by atoms with van der Waals surface area (Å²) in [6.07, 6.45) is 62.0. The van der Waals surface area contributed by atoms with Gasteiger partial charge in [-0.25, -0.2) is 0 Å². The summed E-state index contributed by atoms with van der Waals surface area (Å²) in [5, 5.41) is 33.5. The van der Waals surface area contributed by atoms with Crippen LogP contribution in [0.4, 0.5) is 0 Å². The number of aliphatic hydroxyl groups excluding tert-OH is 3. The zero-order valence-corrected chi connectivity index (χ0v) is 39.9. The summed E-state index contributed by atoms with van der Waals surface area (Å²) in [5.41, 5.74) is 0. The molecule has 0 rings (SSSR count). The van der Waals surface area contributed by atoms with Crippen molar-refractivity contribution in [3.05, 3.63) is 24.3 Å². The van der Waals surface area contributed by atoms with Gasteiger partial charge in [0.1, 0.15) is 6.10 Å². The number of aliphatic hydroxyl groups is 3. The molecular weight excluding hydrogens is 727 g/mol. The maximum Gasteiger partial charge on any atom is 0.249 e. The summed E-state index contributed by atoms with van der Waals surface area (Å²) in [4.78, 5) is 12.5. The van der Waals surface area contributed by atoms with Crippen LogP contribution < -0.4 is 5.32 Å². The summed E-state index contributed by atoms with van der Waals surface area (Å²) in [5.74, 6) is -0.474. The molecule has 4 N–H and O–H groups in total. The highest BCUT2D eigenvalue weighted by Crippen LogP contribution is 2.17. The van der Waals surface area contributed by atoms with Crippen molar-refractivity contribution in [2.45, 2.75) is 308 Å². The van der Waals surface area contributed by atoms with Crippen LogP contribution in [0.15, 0.2) is 24.3 Å². The quantitative estimate of drug-likeness (QED) is 0.0363. The van der Waals surface area contributed by atoms with Crippen LogP contribution in [-0.4, -0.2) is 46.1 Å². The van der Waals surface area contributed by atoms with Crippen molar-refractivity contribution in [3.63, 3.8) is 0 Å². The lowest BCUT2D eigenvalue weighted by Crippen LogP contribution is -2.49. The number of allylic oxidation sites excluding steroid dienone is 4. The van der Waals surface area contributed by atoms with E-state index in [9.17, 15) is 20.1 Å². The van der Waals surface area contributed by atoms with E-state index >= 15 is 0 Å². The van der Waals surface area contributed by atoms with Crippen molar-refractivity contribution < 1.29 is 20.1 Å². The predicted octanol–water partition coefficient (Wildman–Crippen LogP) is 16.1. The van der Waals surface area contributed by atoms with Gasteiger partial charge in [-0.2, -0.15) is 0 Å². The van der Waals surface area contributed by atoms with Gasteiger partial charge in [-0.3, -0.25) is 4.79 Å². The molecule has 5 nitrogen and oxygen atoms in total. The van der Waals surface area contributed by atoms with Gasteiger partial charge in [0.15, 0.2) is 0 Å². The van der Waals surface area contributed by atoms with E-state index in [1.165, 1.54) is 218 Å². The van der Waals surface area contributed by atoms with Crippen molar-refractivity contribution in [3.8, 4) is 0 Å². The Balaban J connectivity index is 3.57. The van der Waals surface area contributed by atoms with Crippen LogP contribution in [0, 0.1) is 0 Å². The summed E-state index contributed by atoms with van der Waals surface area (Å²) in [7, 11) is 0. The molecule has 0 saturated heterocycles. The van der Waals surface area contributed by atoms with Gasteiger partial charge in [-0.1, -0.05) is 269 Å². The Bertz CT molecular complexity index is 874. The van der Waals surface area contributed by atoms with Crippen molar-refractivity contribution in [2.75, 3.05) is 6.61 Å². The average molecular weight is 832 g/mol. The van der Waals surface area contributed by atoms with E-state index in [1.807, 2.05) is 0 Å². The second-order valence-electron chi connectivity index (χ2n) is 18.4. The second-order valence-corrected chi connectivity index (χ2v) is 18.4. The molecule has 1 amide bonds.